The Balaban J connectivity index is 2.34. The van der Waals surface area contributed by atoms with Gasteiger partial charge in [-0.05, 0) is 45.1 Å². The smallest absolute Gasteiger partial charge is 0.0896 e. The minimum absolute atomic E-state index is 0.457. The summed E-state index contributed by atoms with van der Waals surface area (Å²) in [6, 6.07) is 6.39. The highest BCUT2D eigenvalue weighted by Crippen LogP contribution is 2.42. The molecule has 2 rings (SSSR count). The van der Waals surface area contributed by atoms with Crippen molar-refractivity contribution in [3.8, 4) is 0 Å². The molecule has 0 spiro atoms. The fourth-order valence-electron chi connectivity index (χ4n) is 2.47. The van der Waals surface area contributed by atoms with Crippen LogP contribution in [0.25, 0.3) is 0 Å². The molecule has 1 saturated carbocycles. The lowest BCUT2D eigenvalue weighted by Crippen LogP contribution is -2.36. The Morgan fingerprint density at radius 1 is 1.13 bits per heavy atom. The molecule has 1 aromatic rings. The van der Waals surface area contributed by atoms with Crippen molar-refractivity contribution in [1.82, 2.24) is 0 Å². The predicted molar refractivity (Wildman–Crippen MR) is 62.8 cm³/mol. The summed E-state index contributed by atoms with van der Waals surface area (Å²) in [7, 11) is 0. The fourth-order valence-corrected chi connectivity index (χ4v) is 2.47. The van der Waals surface area contributed by atoms with E-state index >= 15 is 0 Å². The van der Waals surface area contributed by atoms with Gasteiger partial charge in [0.1, 0.15) is 0 Å². The number of hydrogen-bond donors (Lipinski definition) is 1. The lowest BCUT2D eigenvalue weighted by Gasteiger charge is -2.39. The molecule has 0 bridgehead atoms. The molecule has 1 fully saturated rings. The highest BCUT2D eigenvalue weighted by molar-refractivity contribution is 5.32. The van der Waals surface area contributed by atoms with Crippen LogP contribution in [0.4, 0.5) is 0 Å². The molecule has 0 aromatic heterocycles. The maximum absolute atomic E-state index is 10.6. The molecule has 0 aliphatic heterocycles. The average molecular weight is 204 g/mol. The number of benzene rings is 1. The molecule has 1 aromatic carbocycles. The number of hydrogen-bond acceptors (Lipinski definition) is 1. The summed E-state index contributed by atoms with van der Waals surface area (Å²) in [6.45, 7) is 6.14. The molecule has 1 nitrogen and oxygen atoms in total. The maximum Gasteiger partial charge on any atom is 0.0896 e. The number of aliphatic hydroxyl groups is 1. The van der Waals surface area contributed by atoms with Crippen LogP contribution in [-0.4, -0.2) is 5.11 Å². The van der Waals surface area contributed by atoms with E-state index in [1.54, 1.807) is 0 Å². The van der Waals surface area contributed by atoms with Crippen molar-refractivity contribution in [2.24, 2.45) is 5.92 Å². The van der Waals surface area contributed by atoms with Gasteiger partial charge in [-0.2, -0.15) is 0 Å². The molecule has 1 unspecified atom stereocenters. The van der Waals surface area contributed by atoms with E-state index in [-0.39, 0.29) is 0 Å². The third-order valence-electron chi connectivity index (χ3n) is 3.71. The first kappa shape index (κ1) is 10.7. The summed E-state index contributed by atoms with van der Waals surface area (Å²) >= 11 is 0. The lowest BCUT2D eigenvalue weighted by molar-refractivity contribution is -0.0399. The van der Waals surface area contributed by atoms with Crippen LogP contribution in [-0.2, 0) is 5.60 Å². The Morgan fingerprint density at radius 2 is 1.67 bits per heavy atom. The average Bonchev–Trinajstić information content (AvgIpc) is 1.97. The third-order valence-corrected chi connectivity index (χ3v) is 3.71. The highest BCUT2D eigenvalue weighted by atomic mass is 16.3. The molecule has 1 aliphatic carbocycles. The second kappa shape index (κ2) is 3.64. The number of aryl methyl sites for hydroxylation is 2. The van der Waals surface area contributed by atoms with E-state index < -0.39 is 5.60 Å². The van der Waals surface area contributed by atoms with Gasteiger partial charge in [0.2, 0.25) is 0 Å². The van der Waals surface area contributed by atoms with Crippen LogP contribution in [0.5, 0.6) is 0 Å². The van der Waals surface area contributed by atoms with E-state index in [0.717, 1.165) is 5.56 Å². The Kier molecular flexibility index (Phi) is 2.59. The maximum atomic E-state index is 10.6. The van der Waals surface area contributed by atoms with Gasteiger partial charge in [0.05, 0.1) is 5.60 Å². The monoisotopic (exact) mass is 204 g/mol. The summed E-state index contributed by atoms with van der Waals surface area (Å²) in [5.41, 5.74) is 2.94. The van der Waals surface area contributed by atoms with Crippen LogP contribution in [0.15, 0.2) is 18.2 Å². The van der Waals surface area contributed by atoms with Gasteiger partial charge < -0.3 is 5.11 Å². The molecule has 15 heavy (non-hydrogen) atoms. The zero-order valence-corrected chi connectivity index (χ0v) is 9.88. The minimum atomic E-state index is -0.630. The van der Waals surface area contributed by atoms with Crippen LogP contribution >= 0.6 is 0 Å². The molecule has 1 N–H and O–H groups in total. The van der Waals surface area contributed by atoms with Gasteiger partial charge in [0, 0.05) is 0 Å². The third kappa shape index (κ3) is 1.93. The Morgan fingerprint density at radius 3 is 2.07 bits per heavy atom. The lowest BCUT2D eigenvalue weighted by atomic mass is 9.70. The van der Waals surface area contributed by atoms with E-state index in [1.807, 2.05) is 6.92 Å². The highest BCUT2D eigenvalue weighted by Gasteiger charge is 2.37. The molecule has 0 radical (unpaired) electrons. The second-order valence-electron chi connectivity index (χ2n) is 5.15. The van der Waals surface area contributed by atoms with Gasteiger partial charge in [-0.1, -0.05) is 35.7 Å². The molecule has 0 heterocycles. The molecule has 0 saturated heterocycles. The van der Waals surface area contributed by atoms with Gasteiger partial charge in [-0.15, -0.1) is 0 Å². The topological polar surface area (TPSA) is 20.2 Å². The van der Waals surface area contributed by atoms with Crippen molar-refractivity contribution >= 4 is 0 Å². The second-order valence-corrected chi connectivity index (χ2v) is 5.15. The van der Waals surface area contributed by atoms with E-state index in [4.69, 9.17) is 0 Å². The Labute approximate surface area is 92.1 Å². The van der Waals surface area contributed by atoms with Crippen molar-refractivity contribution < 1.29 is 5.11 Å². The van der Waals surface area contributed by atoms with Gasteiger partial charge in [-0.25, -0.2) is 0 Å². The molecule has 1 heteroatoms. The minimum Gasteiger partial charge on any atom is -0.385 e. The van der Waals surface area contributed by atoms with Gasteiger partial charge >= 0.3 is 0 Å². The normalized spacial score (nSPS) is 20.8. The zero-order valence-electron chi connectivity index (χ0n) is 9.88. The SMILES string of the molecule is Cc1cc(C)cc(C(C)(O)C2CCC2)c1. The van der Waals surface area contributed by atoms with Gasteiger partial charge in [-0.3, -0.25) is 0 Å². The first-order valence-corrected chi connectivity index (χ1v) is 5.81. The molecular weight excluding hydrogens is 184 g/mol. The van der Waals surface area contributed by atoms with Crippen LogP contribution in [0.3, 0.4) is 0 Å². The fraction of sp³-hybridized carbons (Fsp3) is 0.571. The van der Waals surface area contributed by atoms with E-state index in [1.165, 1.54) is 30.4 Å². The summed E-state index contributed by atoms with van der Waals surface area (Å²) in [4.78, 5) is 0. The molecule has 0 amide bonds. The summed E-state index contributed by atoms with van der Waals surface area (Å²) in [5.74, 6) is 0.457. The van der Waals surface area contributed by atoms with Crippen LogP contribution in [0.1, 0.15) is 42.9 Å². The van der Waals surface area contributed by atoms with Gasteiger partial charge in [0.15, 0.2) is 0 Å². The first-order chi connectivity index (χ1) is 7.00. The van der Waals surface area contributed by atoms with E-state index in [9.17, 15) is 5.11 Å². The van der Waals surface area contributed by atoms with Crippen LogP contribution < -0.4 is 0 Å². The molecule has 1 atom stereocenters. The Hall–Kier alpha value is -0.820. The van der Waals surface area contributed by atoms with E-state index in [0.29, 0.717) is 5.92 Å². The Bertz CT molecular complexity index is 341. The van der Waals surface area contributed by atoms with Crippen molar-refractivity contribution in [1.29, 1.82) is 0 Å². The van der Waals surface area contributed by atoms with Crippen molar-refractivity contribution in [3.05, 3.63) is 34.9 Å². The van der Waals surface area contributed by atoms with E-state index in [2.05, 4.69) is 32.0 Å². The quantitative estimate of drug-likeness (QED) is 0.783. The summed E-state index contributed by atoms with van der Waals surface area (Å²) in [5, 5.41) is 10.6. The zero-order chi connectivity index (χ0) is 11.1. The van der Waals surface area contributed by atoms with Gasteiger partial charge in [0.25, 0.3) is 0 Å². The standard InChI is InChI=1S/C14H20O/c1-10-7-11(2)9-13(8-10)14(3,15)12-5-4-6-12/h7-9,12,15H,4-6H2,1-3H3. The van der Waals surface area contributed by atoms with Crippen molar-refractivity contribution in [2.75, 3.05) is 0 Å². The molecule has 82 valence electrons. The summed E-state index contributed by atoms with van der Waals surface area (Å²) < 4.78 is 0. The first-order valence-electron chi connectivity index (χ1n) is 5.81. The summed E-state index contributed by atoms with van der Waals surface area (Å²) in [6.07, 6.45) is 3.60. The van der Waals surface area contributed by atoms with Crippen molar-refractivity contribution in [2.45, 2.75) is 45.6 Å². The van der Waals surface area contributed by atoms with Crippen LogP contribution in [0.2, 0.25) is 0 Å². The number of rotatable bonds is 2. The molecular formula is C14H20O. The predicted octanol–water partition coefficient (Wildman–Crippen LogP) is 3.31. The molecule has 1 aliphatic rings. The van der Waals surface area contributed by atoms with Crippen molar-refractivity contribution in [3.63, 3.8) is 0 Å². The largest absolute Gasteiger partial charge is 0.385 e. The van der Waals surface area contributed by atoms with Crippen LogP contribution in [0, 0.1) is 19.8 Å².